The number of fused-ring (bicyclic) bond motifs is 1. The van der Waals surface area contributed by atoms with Crippen molar-refractivity contribution in [3.8, 4) is 5.75 Å². The van der Waals surface area contributed by atoms with Gasteiger partial charge < -0.3 is 14.6 Å². The summed E-state index contributed by atoms with van der Waals surface area (Å²) in [7, 11) is 0. The Hall–Kier alpha value is -1.97. The maximum atomic E-state index is 11.5. The van der Waals surface area contributed by atoms with Crippen LogP contribution in [0.3, 0.4) is 0 Å². The molecule has 102 valence electrons. The van der Waals surface area contributed by atoms with Gasteiger partial charge in [-0.2, -0.15) is 0 Å². The Kier molecular flexibility index (Phi) is 4.44. The molecule has 1 aromatic heterocycles. The first-order valence-electron chi connectivity index (χ1n) is 6.73. The van der Waals surface area contributed by atoms with Gasteiger partial charge in [-0.25, -0.2) is 0 Å². The molecule has 0 saturated carbocycles. The van der Waals surface area contributed by atoms with Gasteiger partial charge in [0.15, 0.2) is 0 Å². The predicted octanol–water partition coefficient (Wildman–Crippen LogP) is 2.57. The third kappa shape index (κ3) is 3.08. The highest BCUT2D eigenvalue weighted by atomic mass is 16.5. The van der Waals surface area contributed by atoms with Gasteiger partial charge in [0.25, 0.3) is 0 Å². The van der Waals surface area contributed by atoms with Gasteiger partial charge in [-0.1, -0.05) is 6.07 Å². The van der Waals surface area contributed by atoms with E-state index < -0.39 is 0 Å². The van der Waals surface area contributed by atoms with Crippen LogP contribution < -0.4 is 10.1 Å². The summed E-state index contributed by atoms with van der Waals surface area (Å²) in [5.41, 5.74) is 1.11. The smallest absolute Gasteiger partial charge is 0.221 e. The summed E-state index contributed by atoms with van der Waals surface area (Å²) in [4.78, 5) is 11.5. The zero-order valence-electron chi connectivity index (χ0n) is 11.5. The Balaban J connectivity index is 2.16. The number of hydrogen-bond acceptors (Lipinski definition) is 2. The lowest BCUT2D eigenvalue weighted by Gasteiger charge is -2.07. The molecule has 19 heavy (non-hydrogen) atoms. The minimum absolute atomic E-state index is 0.0883. The number of amides is 1. The van der Waals surface area contributed by atoms with Crippen LogP contribution in [-0.2, 0) is 11.3 Å². The third-order valence-corrected chi connectivity index (χ3v) is 3.03. The fraction of sp³-hybridized carbons (Fsp3) is 0.400. The van der Waals surface area contributed by atoms with Crippen molar-refractivity contribution < 1.29 is 9.53 Å². The molecule has 2 aromatic rings. The van der Waals surface area contributed by atoms with Crippen LogP contribution in [0.1, 0.15) is 20.3 Å². The van der Waals surface area contributed by atoms with Crippen molar-refractivity contribution >= 4 is 16.8 Å². The molecule has 0 spiro atoms. The van der Waals surface area contributed by atoms with E-state index in [1.165, 1.54) is 0 Å². The van der Waals surface area contributed by atoms with E-state index in [4.69, 9.17) is 4.74 Å². The standard InChI is InChI=1S/C15H20N2O2/c1-3-16-15(18)9-11-17-10-8-12-13(17)6-5-7-14(12)19-4-2/h5-8,10H,3-4,9,11H2,1-2H3,(H,16,18). The Morgan fingerprint density at radius 1 is 1.32 bits per heavy atom. The monoisotopic (exact) mass is 260 g/mol. The molecule has 1 aromatic carbocycles. The lowest BCUT2D eigenvalue weighted by atomic mass is 10.2. The van der Waals surface area contributed by atoms with Crippen molar-refractivity contribution in [3.63, 3.8) is 0 Å². The molecule has 4 heteroatoms. The van der Waals surface area contributed by atoms with Gasteiger partial charge >= 0.3 is 0 Å². The van der Waals surface area contributed by atoms with Crippen LogP contribution in [0.4, 0.5) is 0 Å². The van der Waals surface area contributed by atoms with Crippen LogP contribution in [0.15, 0.2) is 30.5 Å². The molecular weight excluding hydrogens is 240 g/mol. The number of ether oxygens (including phenoxy) is 1. The Labute approximate surface area is 113 Å². The van der Waals surface area contributed by atoms with Crippen LogP contribution in [-0.4, -0.2) is 23.6 Å². The summed E-state index contributed by atoms with van der Waals surface area (Å²) in [6.07, 6.45) is 2.50. The summed E-state index contributed by atoms with van der Waals surface area (Å²) in [5.74, 6) is 0.988. The van der Waals surface area contributed by atoms with Gasteiger partial charge in [-0.3, -0.25) is 4.79 Å². The molecule has 1 amide bonds. The fourth-order valence-electron chi connectivity index (χ4n) is 2.18. The number of carbonyl (C=O) groups excluding carboxylic acids is 1. The van der Waals surface area contributed by atoms with Crippen molar-refractivity contribution in [1.29, 1.82) is 0 Å². The molecule has 0 bridgehead atoms. The van der Waals surface area contributed by atoms with Gasteiger partial charge in [0.2, 0.25) is 5.91 Å². The Bertz CT molecular complexity index is 560. The normalized spacial score (nSPS) is 10.6. The topological polar surface area (TPSA) is 43.3 Å². The number of hydrogen-bond donors (Lipinski definition) is 1. The molecule has 0 aliphatic heterocycles. The first-order valence-corrected chi connectivity index (χ1v) is 6.73. The highest BCUT2D eigenvalue weighted by Gasteiger charge is 2.07. The molecule has 1 N–H and O–H groups in total. The van der Waals surface area contributed by atoms with E-state index in [0.29, 0.717) is 26.1 Å². The van der Waals surface area contributed by atoms with Crippen molar-refractivity contribution in [2.24, 2.45) is 0 Å². The molecule has 0 fully saturated rings. The number of carbonyl (C=O) groups is 1. The number of benzene rings is 1. The highest BCUT2D eigenvalue weighted by Crippen LogP contribution is 2.26. The largest absolute Gasteiger partial charge is 0.493 e. The number of rotatable bonds is 6. The second-order valence-electron chi connectivity index (χ2n) is 4.33. The van der Waals surface area contributed by atoms with Crippen molar-refractivity contribution in [2.45, 2.75) is 26.8 Å². The number of nitrogens with one attached hydrogen (secondary N) is 1. The predicted molar refractivity (Wildman–Crippen MR) is 76.4 cm³/mol. The first kappa shape index (κ1) is 13.5. The van der Waals surface area contributed by atoms with E-state index in [9.17, 15) is 4.79 Å². The maximum absolute atomic E-state index is 11.5. The van der Waals surface area contributed by atoms with E-state index in [0.717, 1.165) is 16.7 Å². The maximum Gasteiger partial charge on any atom is 0.221 e. The average Bonchev–Trinajstić information content (AvgIpc) is 2.81. The number of aromatic nitrogens is 1. The SMILES string of the molecule is CCNC(=O)CCn1ccc2c(OCC)cccc21. The molecule has 0 unspecified atom stereocenters. The van der Waals surface area contributed by atoms with Crippen LogP contribution in [0.5, 0.6) is 5.75 Å². The van der Waals surface area contributed by atoms with Gasteiger partial charge in [-0.15, -0.1) is 0 Å². The Morgan fingerprint density at radius 2 is 2.16 bits per heavy atom. The summed E-state index contributed by atoms with van der Waals surface area (Å²) >= 11 is 0. The van der Waals surface area contributed by atoms with E-state index in [1.54, 1.807) is 0 Å². The summed E-state index contributed by atoms with van der Waals surface area (Å²) in [6, 6.07) is 8.05. The first-order chi connectivity index (χ1) is 9.26. The molecule has 2 rings (SSSR count). The minimum Gasteiger partial charge on any atom is -0.493 e. The molecule has 0 atom stereocenters. The molecule has 0 aliphatic carbocycles. The second kappa shape index (κ2) is 6.27. The molecule has 4 nitrogen and oxygen atoms in total. The molecule has 0 radical (unpaired) electrons. The quantitative estimate of drug-likeness (QED) is 0.867. The average molecular weight is 260 g/mol. The van der Waals surface area contributed by atoms with Crippen LogP contribution in [0.25, 0.3) is 10.9 Å². The fourth-order valence-corrected chi connectivity index (χ4v) is 2.18. The zero-order valence-corrected chi connectivity index (χ0v) is 11.5. The van der Waals surface area contributed by atoms with Crippen molar-refractivity contribution in [1.82, 2.24) is 9.88 Å². The minimum atomic E-state index is 0.0883. The van der Waals surface area contributed by atoms with Crippen LogP contribution in [0.2, 0.25) is 0 Å². The van der Waals surface area contributed by atoms with E-state index in [2.05, 4.69) is 16.0 Å². The van der Waals surface area contributed by atoms with Crippen LogP contribution >= 0.6 is 0 Å². The highest BCUT2D eigenvalue weighted by molar-refractivity contribution is 5.86. The lowest BCUT2D eigenvalue weighted by molar-refractivity contribution is -0.121. The van der Waals surface area contributed by atoms with Gasteiger partial charge in [-0.05, 0) is 32.0 Å². The molecule has 0 saturated heterocycles. The number of aryl methyl sites for hydroxylation is 1. The summed E-state index contributed by atoms with van der Waals surface area (Å²) in [5, 5.41) is 3.91. The summed E-state index contributed by atoms with van der Waals surface area (Å²) in [6.45, 7) is 5.93. The van der Waals surface area contributed by atoms with Crippen LogP contribution in [0, 0.1) is 0 Å². The van der Waals surface area contributed by atoms with E-state index >= 15 is 0 Å². The molecular formula is C15H20N2O2. The van der Waals surface area contributed by atoms with E-state index in [1.807, 2.05) is 38.2 Å². The molecule has 0 aliphatic rings. The second-order valence-corrected chi connectivity index (χ2v) is 4.33. The van der Waals surface area contributed by atoms with Crippen molar-refractivity contribution in [2.75, 3.05) is 13.2 Å². The third-order valence-electron chi connectivity index (χ3n) is 3.03. The zero-order chi connectivity index (χ0) is 13.7. The van der Waals surface area contributed by atoms with Gasteiger partial charge in [0.05, 0.1) is 12.1 Å². The van der Waals surface area contributed by atoms with E-state index in [-0.39, 0.29) is 5.91 Å². The van der Waals surface area contributed by atoms with Gasteiger partial charge in [0, 0.05) is 31.1 Å². The number of nitrogens with zero attached hydrogens (tertiary/aromatic N) is 1. The Morgan fingerprint density at radius 3 is 2.89 bits per heavy atom. The summed E-state index contributed by atoms with van der Waals surface area (Å²) < 4.78 is 7.69. The van der Waals surface area contributed by atoms with Gasteiger partial charge in [0.1, 0.15) is 5.75 Å². The lowest BCUT2D eigenvalue weighted by Crippen LogP contribution is -2.23. The molecule has 1 heterocycles. The van der Waals surface area contributed by atoms with Crippen molar-refractivity contribution in [3.05, 3.63) is 30.5 Å².